The molecule has 108 valence electrons. The van der Waals surface area contributed by atoms with Crippen molar-refractivity contribution in [2.45, 2.75) is 0 Å². The molecule has 1 aliphatic carbocycles. The van der Waals surface area contributed by atoms with Gasteiger partial charge in [0.2, 0.25) is 5.78 Å². The summed E-state index contributed by atoms with van der Waals surface area (Å²) < 4.78 is 0. The van der Waals surface area contributed by atoms with E-state index in [-0.39, 0.29) is 11.5 Å². The summed E-state index contributed by atoms with van der Waals surface area (Å²) in [6.45, 7) is 0. The van der Waals surface area contributed by atoms with Crippen molar-refractivity contribution in [3.05, 3.63) is 66.0 Å². The van der Waals surface area contributed by atoms with Crippen LogP contribution in [-0.4, -0.2) is 20.9 Å². The first-order valence-electron chi connectivity index (χ1n) is 7.30. The fourth-order valence-corrected chi connectivity index (χ4v) is 3.34. The van der Waals surface area contributed by atoms with Crippen molar-refractivity contribution in [2.24, 2.45) is 0 Å². The van der Waals surface area contributed by atoms with E-state index in [0.29, 0.717) is 22.5 Å². The van der Waals surface area contributed by atoms with E-state index in [4.69, 9.17) is 0 Å². The number of hydrogen-bond acceptors (Lipinski definition) is 4. The number of hydrogen-bond donors (Lipinski definition) is 1. The number of phenols is 1. The second-order valence-corrected chi connectivity index (χ2v) is 5.59. The van der Waals surface area contributed by atoms with E-state index in [1.807, 2.05) is 30.3 Å². The molecule has 2 heterocycles. The van der Waals surface area contributed by atoms with E-state index in [0.717, 1.165) is 21.7 Å². The van der Waals surface area contributed by atoms with Crippen molar-refractivity contribution >= 4 is 27.5 Å². The minimum Gasteiger partial charge on any atom is -0.506 e. The van der Waals surface area contributed by atoms with Crippen molar-refractivity contribution in [3.8, 4) is 17.0 Å². The number of fused-ring (bicyclic) bond motifs is 4. The highest BCUT2D eigenvalue weighted by atomic mass is 16.3. The van der Waals surface area contributed by atoms with Gasteiger partial charge in [-0.2, -0.15) is 0 Å². The molecule has 5 rings (SSSR count). The van der Waals surface area contributed by atoms with Crippen LogP contribution in [-0.2, 0) is 0 Å². The van der Waals surface area contributed by atoms with Crippen LogP contribution in [0, 0.1) is 0 Å². The van der Waals surface area contributed by atoms with Gasteiger partial charge in [0.15, 0.2) is 0 Å². The molecule has 1 N–H and O–H groups in total. The topological polar surface area (TPSA) is 63.1 Å². The van der Waals surface area contributed by atoms with Gasteiger partial charge < -0.3 is 5.11 Å². The number of phenolic OH excluding ortho intramolecular Hbond substituents is 1. The molecule has 0 unspecified atom stereocenters. The lowest BCUT2D eigenvalue weighted by Gasteiger charge is -2.19. The molecule has 0 spiro atoms. The molecule has 4 aromatic rings. The maximum Gasteiger partial charge on any atom is 0.212 e. The highest BCUT2D eigenvalue weighted by Crippen LogP contribution is 2.41. The highest BCUT2D eigenvalue weighted by molar-refractivity contribution is 6.27. The molecule has 0 atom stereocenters. The summed E-state index contributed by atoms with van der Waals surface area (Å²) in [4.78, 5) is 21.7. The Labute approximate surface area is 131 Å². The Balaban J connectivity index is 2.11. The Morgan fingerprint density at radius 2 is 1.65 bits per heavy atom. The number of para-hydroxylation sites is 1. The first-order chi connectivity index (χ1) is 11.3. The third-order valence-corrected chi connectivity index (χ3v) is 4.36. The fourth-order valence-electron chi connectivity index (χ4n) is 3.34. The zero-order chi connectivity index (χ0) is 15.6. The molecule has 2 aromatic carbocycles. The smallest absolute Gasteiger partial charge is 0.212 e. The Morgan fingerprint density at radius 1 is 0.826 bits per heavy atom. The van der Waals surface area contributed by atoms with Gasteiger partial charge in [0, 0.05) is 28.1 Å². The number of nitrogens with zero attached hydrogens (tertiary/aromatic N) is 2. The summed E-state index contributed by atoms with van der Waals surface area (Å²) in [5.41, 5.74) is 3.05. The average Bonchev–Trinajstić information content (AvgIpc) is 2.60. The summed E-state index contributed by atoms with van der Waals surface area (Å²) in [5, 5.41) is 12.7. The number of ketones is 1. The molecular weight excluding hydrogens is 288 g/mol. The molecule has 23 heavy (non-hydrogen) atoms. The van der Waals surface area contributed by atoms with Crippen molar-refractivity contribution in [1.82, 2.24) is 9.97 Å². The van der Waals surface area contributed by atoms with Crippen LogP contribution < -0.4 is 0 Å². The third-order valence-electron chi connectivity index (χ3n) is 4.36. The standard InChI is InChI=1S/C19H10N2O2/c22-14-7-3-6-11-10-8-9-20-18-15(10)17(21-16(11)14)12-4-1-2-5-13(12)19(18)23/h1-9,22H. The minimum absolute atomic E-state index is 0.0833. The van der Waals surface area contributed by atoms with Gasteiger partial charge in [-0.1, -0.05) is 36.4 Å². The van der Waals surface area contributed by atoms with E-state index >= 15 is 0 Å². The van der Waals surface area contributed by atoms with Crippen LogP contribution in [0.1, 0.15) is 16.1 Å². The van der Waals surface area contributed by atoms with Gasteiger partial charge >= 0.3 is 0 Å². The zero-order valence-electron chi connectivity index (χ0n) is 11.9. The number of carbonyl (C=O) groups is 1. The quantitative estimate of drug-likeness (QED) is 0.443. The second-order valence-electron chi connectivity index (χ2n) is 5.59. The molecule has 0 saturated carbocycles. The van der Waals surface area contributed by atoms with E-state index in [2.05, 4.69) is 9.97 Å². The molecule has 0 aliphatic heterocycles. The molecule has 1 aliphatic rings. The summed E-state index contributed by atoms with van der Waals surface area (Å²) in [6, 6.07) is 14.6. The van der Waals surface area contributed by atoms with Crippen LogP contribution >= 0.6 is 0 Å². The highest BCUT2D eigenvalue weighted by Gasteiger charge is 2.28. The second kappa shape index (κ2) is 4.14. The van der Waals surface area contributed by atoms with Gasteiger partial charge in [-0.25, -0.2) is 4.98 Å². The number of rotatable bonds is 0. The van der Waals surface area contributed by atoms with Gasteiger partial charge in [-0.3, -0.25) is 9.78 Å². The van der Waals surface area contributed by atoms with Crippen LogP contribution in [0.2, 0.25) is 0 Å². The molecule has 4 heteroatoms. The largest absolute Gasteiger partial charge is 0.506 e. The molecule has 0 fully saturated rings. The molecule has 2 aromatic heterocycles. The lowest BCUT2D eigenvalue weighted by molar-refractivity contribution is 0.103. The number of aromatic nitrogens is 2. The molecule has 0 radical (unpaired) electrons. The molecular formula is C19H10N2O2. The van der Waals surface area contributed by atoms with Crippen LogP contribution in [0.5, 0.6) is 5.75 Å². The van der Waals surface area contributed by atoms with Gasteiger partial charge in [-0.05, 0) is 17.5 Å². The average molecular weight is 298 g/mol. The Morgan fingerprint density at radius 3 is 2.52 bits per heavy atom. The van der Waals surface area contributed by atoms with Gasteiger partial charge in [0.25, 0.3) is 0 Å². The van der Waals surface area contributed by atoms with Crippen LogP contribution in [0.3, 0.4) is 0 Å². The minimum atomic E-state index is -0.0833. The van der Waals surface area contributed by atoms with E-state index in [1.165, 1.54) is 0 Å². The Kier molecular flexibility index (Phi) is 2.21. The molecule has 0 amide bonds. The Hall–Kier alpha value is -3.27. The SMILES string of the molecule is O=C1c2ccccc2-c2nc3c(O)cccc3c3ccnc1c23. The maximum atomic E-state index is 12.8. The van der Waals surface area contributed by atoms with E-state index < -0.39 is 0 Å². The third kappa shape index (κ3) is 1.47. The summed E-state index contributed by atoms with van der Waals surface area (Å²) in [7, 11) is 0. The number of aromatic hydroxyl groups is 1. The lowest BCUT2D eigenvalue weighted by atomic mass is 9.87. The molecule has 0 saturated heterocycles. The van der Waals surface area contributed by atoms with Crippen molar-refractivity contribution in [2.75, 3.05) is 0 Å². The van der Waals surface area contributed by atoms with Gasteiger partial charge in [0.1, 0.15) is 17.0 Å². The van der Waals surface area contributed by atoms with E-state index in [9.17, 15) is 9.90 Å². The predicted molar refractivity (Wildman–Crippen MR) is 87.6 cm³/mol. The van der Waals surface area contributed by atoms with Crippen LogP contribution in [0.25, 0.3) is 32.9 Å². The number of carbonyl (C=O) groups excluding carboxylic acids is 1. The van der Waals surface area contributed by atoms with Gasteiger partial charge in [0.05, 0.1) is 5.69 Å². The van der Waals surface area contributed by atoms with Crippen molar-refractivity contribution < 1.29 is 9.90 Å². The maximum absolute atomic E-state index is 12.8. The first kappa shape index (κ1) is 12.3. The monoisotopic (exact) mass is 298 g/mol. The van der Waals surface area contributed by atoms with E-state index in [1.54, 1.807) is 24.4 Å². The predicted octanol–water partition coefficient (Wildman–Crippen LogP) is 3.70. The zero-order valence-corrected chi connectivity index (χ0v) is 11.9. The number of benzene rings is 2. The molecule has 4 nitrogen and oxygen atoms in total. The lowest BCUT2D eigenvalue weighted by Crippen LogP contribution is -2.12. The summed E-state index contributed by atoms with van der Waals surface area (Å²) in [5.74, 6) is 0.0494. The summed E-state index contributed by atoms with van der Waals surface area (Å²) in [6.07, 6.45) is 1.64. The number of pyridine rings is 2. The van der Waals surface area contributed by atoms with Crippen molar-refractivity contribution in [3.63, 3.8) is 0 Å². The normalized spacial score (nSPS) is 12.6. The van der Waals surface area contributed by atoms with Crippen molar-refractivity contribution in [1.29, 1.82) is 0 Å². The van der Waals surface area contributed by atoms with Gasteiger partial charge in [-0.15, -0.1) is 0 Å². The summed E-state index contributed by atoms with van der Waals surface area (Å²) >= 11 is 0. The molecule has 0 bridgehead atoms. The Bertz CT molecular complexity index is 1150. The fraction of sp³-hybridized carbons (Fsp3) is 0. The van der Waals surface area contributed by atoms with Crippen LogP contribution in [0.15, 0.2) is 54.7 Å². The first-order valence-corrected chi connectivity index (χ1v) is 7.30. The van der Waals surface area contributed by atoms with Crippen LogP contribution in [0.4, 0.5) is 0 Å².